The molecule has 2 aromatic heterocycles. The van der Waals surface area contributed by atoms with Gasteiger partial charge < -0.3 is 14.5 Å². The number of pyridine rings is 1. The zero-order chi connectivity index (χ0) is 17.3. The highest BCUT2D eigenvalue weighted by molar-refractivity contribution is 5.93. The number of benzene rings is 1. The number of hydrogen-bond acceptors (Lipinski definition) is 3. The molecule has 5 heteroatoms. The summed E-state index contributed by atoms with van der Waals surface area (Å²) in [6.07, 6.45) is 1.76. The van der Waals surface area contributed by atoms with Crippen LogP contribution < -0.4 is 10.1 Å². The number of rotatable bonds is 4. The Morgan fingerprint density at radius 1 is 1.25 bits per heavy atom. The Morgan fingerprint density at radius 3 is 2.75 bits per heavy atom. The Labute approximate surface area is 141 Å². The van der Waals surface area contributed by atoms with Gasteiger partial charge in [0, 0.05) is 17.5 Å². The van der Waals surface area contributed by atoms with Crippen LogP contribution >= 0.6 is 0 Å². The van der Waals surface area contributed by atoms with Crippen LogP contribution in [0.2, 0.25) is 0 Å². The monoisotopic (exact) mass is 323 g/mol. The van der Waals surface area contributed by atoms with Crippen molar-refractivity contribution in [2.45, 2.75) is 26.8 Å². The third-order valence-electron chi connectivity index (χ3n) is 4.13. The number of aryl methyl sites for hydroxylation is 2. The van der Waals surface area contributed by atoms with E-state index in [9.17, 15) is 4.79 Å². The van der Waals surface area contributed by atoms with E-state index in [4.69, 9.17) is 4.74 Å². The van der Waals surface area contributed by atoms with Crippen LogP contribution in [0.25, 0.3) is 5.65 Å². The van der Waals surface area contributed by atoms with Gasteiger partial charge >= 0.3 is 0 Å². The number of nitrogens with one attached hydrogen (secondary N) is 1. The van der Waals surface area contributed by atoms with Gasteiger partial charge in [0.1, 0.15) is 17.1 Å². The van der Waals surface area contributed by atoms with Crippen molar-refractivity contribution in [3.05, 3.63) is 65.1 Å². The fourth-order valence-electron chi connectivity index (χ4n) is 2.80. The smallest absolute Gasteiger partial charge is 0.271 e. The number of methoxy groups -OCH3 is 1. The Morgan fingerprint density at radius 2 is 2.04 bits per heavy atom. The van der Waals surface area contributed by atoms with Gasteiger partial charge in [-0.2, -0.15) is 0 Å². The molecule has 0 aliphatic rings. The average Bonchev–Trinajstić information content (AvgIpc) is 3.00. The Balaban J connectivity index is 1.85. The first-order chi connectivity index (χ1) is 11.5. The number of fused-ring (bicyclic) bond motifs is 1. The number of hydrogen-bond donors (Lipinski definition) is 1. The van der Waals surface area contributed by atoms with Gasteiger partial charge in [0.05, 0.1) is 13.2 Å². The number of carbonyl (C=O) groups is 1. The summed E-state index contributed by atoms with van der Waals surface area (Å²) in [4.78, 5) is 17.0. The van der Waals surface area contributed by atoms with E-state index < -0.39 is 0 Å². The molecule has 0 radical (unpaired) electrons. The number of nitrogens with zero attached hydrogens (tertiary/aromatic N) is 2. The van der Waals surface area contributed by atoms with Gasteiger partial charge in [-0.05, 0) is 39.0 Å². The zero-order valence-corrected chi connectivity index (χ0v) is 14.3. The van der Waals surface area contributed by atoms with Gasteiger partial charge in [0.2, 0.25) is 0 Å². The summed E-state index contributed by atoms with van der Waals surface area (Å²) in [6.45, 7) is 5.94. The molecule has 0 aliphatic heterocycles. The van der Waals surface area contributed by atoms with Gasteiger partial charge in [0.25, 0.3) is 5.91 Å². The van der Waals surface area contributed by atoms with Gasteiger partial charge in [-0.15, -0.1) is 0 Å². The second-order valence-electron chi connectivity index (χ2n) is 5.96. The number of ether oxygens (including phenoxy) is 1. The van der Waals surface area contributed by atoms with Crippen LogP contribution in [-0.2, 0) is 0 Å². The highest BCUT2D eigenvalue weighted by Crippen LogP contribution is 2.26. The second kappa shape index (κ2) is 6.35. The Bertz CT molecular complexity index is 899. The van der Waals surface area contributed by atoms with Crippen molar-refractivity contribution in [1.82, 2.24) is 14.7 Å². The summed E-state index contributed by atoms with van der Waals surface area (Å²) < 4.78 is 7.31. The lowest BCUT2D eigenvalue weighted by Gasteiger charge is -2.17. The normalized spacial score (nSPS) is 12.2. The predicted octanol–water partition coefficient (Wildman–Crippen LogP) is 3.45. The van der Waals surface area contributed by atoms with Crippen LogP contribution in [0.15, 0.2) is 42.6 Å². The maximum Gasteiger partial charge on any atom is 0.271 e. The molecule has 0 saturated heterocycles. The van der Waals surface area contributed by atoms with Crippen molar-refractivity contribution in [2.75, 3.05) is 7.11 Å². The molecule has 0 spiro atoms. The van der Waals surface area contributed by atoms with Crippen molar-refractivity contribution in [3.8, 4) is 5.75 Å². The topological polar surface area (TPSA) is 55.6 Å². The van der Waals surface area contributed by atoms with E-state index in [0.717, 1.165) is 28.2 Å². The first-order valence-electron chi connectivity index (χ1n) is 7.89. The third kappa shape index (κ3) is 2.97. The molecule has 3 rings (SSSR count). The largest absolute Gasteiger partial charge is 0.496 e. The lowest BCUT2D eigenvalue weighted by molar-refractivity contribution is 0.0935. The second-order valence-corrected chi connectivity index (χ2v) is 5.96. The van der Waals surface area contributed by atoms with E-state index in [2.05, 4.69) is 10.3 Å². The first-order valence-corrected chi connectivity index (χ1v) is 7.89. The van der Waals surface area contributed by atoms with E-state index in [1.807, 2.05) is 61.6 Å². The van der Waals surface area contributed by atoms with Gasteiger partial charge in [-0.25, -0.2) is 4.98 Å². The molecule has 0 bridgehead atoms. The average molecular weight is 323 g/mol. The van der Waals surface area contributed by atoms with E-state index in [-0.39, 0.29) is 11.9 Å². The summed E-state index contributed by atoms with van der Waals surface area (Å²) in [5.74, 6) is 0.563. The molecule has 3 aromatic rings. The fourth-order valence-corrected chi connectivity index (χ4v) is 2.80. The molecule has 1 N–H and O–H groups in total. The van der Waals surface area contributed by atoms with Crippen LogP contribution in [0.5, 0.6) is 5.75 Å². The Hall–Kier alpha value is -2.82. The number of carbonyl (C=O) groups excluding carboxylic acids is 1. The molecule has 0 aliphatic carbocycles. The lowest BCUT2D eigenvalue weighted by atomic mass is 10.0. The number of imidazole rings is 1. The molecule has 1 unspecified atom stereocenters. The highest BCUT2D eigenvalue weighted by atomic mass is 16.5. The predicted molar refractivity (Wildman–Crippen MR) is 93.5 cm³/mol. The molecule has 5 nitrogen and oxygen atoms in total. The molecular weight excluding hydrogens is 302 g/mol. The van der Waals surface area contributed by atoms with Gasteiger partial charge in [-0.1, -0.05) is 23.8 Å². The number of aromatic nitrogens is 2. The van der Waals surface area contributed by atoms with Crippen molar-refractivity contribution in [1.29, 1.82) is 0 Å². The minimum absolute atomic E-state index is 0.182. The summed E-state index contributed by atoms with van der Waals surface area (Å²) in [6, 6.07) is 11.5. The minimum atomic E-state index is -0.200. The molecule has 1 amide bonds. The van der Waals surface area contributed by atoms with E-state index in [1.165, 1.54) is 0 Å². The van der Waals surface area contributed by atoms with Crippen molar-refractivity contribution < 1.29 is 9.53 Å². The maximum absolute atomic E-state index is 12.6. The fraction of sp³-hybridized carbons (Fsp3) is 0.263. The molecule has 0 fully saturated rings. The molecule has 1 aromatic carbocycles. The molecule has 124 valence electrons. The minimum Gasteiger partial charge on any atom is -0.496 e. The molecule has 1 atom stereocenters. The van der Waals surface area contributed by atoms with Crippen molar-refractivity contribution >= 4 is 11.6 Å². The quantitative estimate of drug-likeness (QED) is 0.800. The summed E-state index contributed by atoms with van der Waals surface area (Å²) in [5.41, 5.74) is 4.28. The highest BCUT2D eigenvalue weighted by Gasteiger charge is 2.17. The van der Waals surface area contributed by atoms with E-state index in [1.54, 1.807) is 13.3 Å². The molecule has 0 saturated carbocycles. The van der Waals surface area contributed by atoms with Crippen molar-refractivity contribution in [3.63, 3.8) is 0 Å². The van der Waals surface area contributed by atoms with E-state index >= 15 is 0 Å². The van der Waals surface area contributed by atoms with Gasteiger partial charge in [0.15, 0.2) is 0 Å². The standard InChI is InChI=1S/C19H21N3O2/c1-12-8-9-17(24-4)15(10-12)14(3)20-19(23)16-11-22-13(2)6-5-7-18(22)21-16/h5-11,14H,1-4H3,(H,20,23). The van der Waals surface area contributed by atoms with Crippen LogP contribution in [0, 0.1) is 13.8 Å². The van der Waals surface area contributed by atoms with Crippen molar-refractivity contribution in [2.24, 2.45) is 0 Å². The van der Waals surface area contributed by atoms with Gasteiger partial charge in [-0.3, -0.25) is 4.79 Å². The molecule has 2 heterocycles. The first kappa shape index (κ1) is 16.1. The SMILES string of the molecule is COc1ccc(C)cc1C(C)NC(=O)c1cn2c(C)cccc2n1. The van der Waals surface area contributed by atoms with Crippen LogP contribution in [0.1, 0.15) is 40.3 Å². The zero-order valence-electron chi connectivity index (χ0n) is 14.3. The summed E-state index contributed by atoms with van der Waals surface area (Å²) >= 11 is 0. The van der Waals surface area contributed by atoms with Crippen LogP contribution in [0.4, 0.5) is 0 Å². The number of amides is 1. The Kier molecular flexibility index (Phi) is 4.25. The maximum atomic E-state index is 12.6. The van der Waals surface area contributed by atoms with E-state index in [0.29, 0.717) is 5.69 Å². The third-order valence-corrected chi connectivity index (χ3v) is 4.13. The van der Waals surface area contributed by atoms with Crippen LogP contribution in [-0.4, -0.2) is 22.4 Å². The molecular formula is C19H21N3O2. The lowest BCUT2D eigenvalue weighted by Crippen LogP contribution is -2.27. The molecule has 24 heavy (non-hydrogen) atoms. The summed E-state index contributed by atoms with van der Waals surface area (Å²) in [5, 5.41) is 3.00. The summed E-state index contributed by atoms with van der Waals surface area (Å²) in [7, 11) is 1.63. The van der Waals surface area contributed by atoms with Crippen LogP contribution in [0.3, 0.4) is 0 Å².